The molecule has 1 aliphatic heterocycles. The first-order chi connectivity index (χ1) is 11.1. The summed E-state index contributed by atoms with van der Waals surface area (Å²) < 4.78 is 0. The van der Waals surface area contributed by atoms with Crippen molar-refractivity contribution >= 4 is 17.8 Å². The molecule has 0 bridgehead atoms. The standard InChI is InChI=1S/C17H15N3O3/c21-15-12-20(18-16(22)14-9-5-2-6-10-14)17(23)19(15)11-13-7-3-1-4-8-13/h1-10H,11-12H2,(H,18,22). The van der Waals surface area contributed by atoms with Crippen molar-refractivity contribution in [1.82, 2.24) is 15.3 Å². The molecule has 1 fully saturated rings. The average molecular weight is 309 g/mol. The van der Waals surface area contributed by atoms with Crippen LogP contribution in [0.15, 0.2) is 60.7 Å². The van der Waals surface area contributed by atoms with Gasteiger partial charge in [-0.3, -0.25) is 19.9 Å². The van der Waals surface area contributed by atoms with E-state index in [1.54, 1.807) is 30.3 Å². The number of urea groups is 1. The number of benzene rings is 2. The van der Waals surface area contributed by atoms with E-state index in [2.05, 4.69) is 5.43 Å². The first kappa shape index (κ1) is 14.8. The van der Waals surface area contributed by atoms with Gasteiger partial charge in [-0.1, -0.05) is 48.5 Å². The van der Waals surface area contributed by atoms with Gasteiger partial charge in [-0.2, -0.15) is 0 Å². The highest BCUT2D eigenvalue weighted by Gasteiger charge is 2.37. The van der Waals surface area contributed by atoms with Crippen LogP contribution in [-0.2, 0) is 11.3 Å². The minimum absolute atomic E-state index is 0.162. The summed E-state index contributed by atoms with van der Waals surface area (Å²) in [5.74, 6) is -0.763. The maximum absolute atomic E-state index is 12.3. The fourth-order valence-electron chi connectivity index (χ4n) is 2.33. The second-order valence-corrected chi connectivity index (χ2v) is 5.14. The fraction of sp³-hybridized carbons (Fsp3) is 0.118. The third-order valence-electron chi connectivity index (χ3n) is 3.51. The van der Waals surface area contributed by atoms with Crippen LogP contribution in [0.2, 0.25) is 0 Å². The average Bonchev–Trinajstić information content (AvgIpc) is 2.84. The summed E-state index contributed by atoms with van der Waals surface area (Å²) in [6.07, 6.45) is 0. The van der Waals surface area contributed by atoms with Crippen molar-refractivity contribution in [3.63, 3.8) is 0 Å². The number of carbonyl (C=O) groups is 3. The zero-order valence-electron chi connectivity index (χ0n) is 12.3. The van der Waals surface area contributed by atoms with Crippen molar-refractivity contribution in [2.24, 2.45) is 0 Å². The van der Waals surface area contributed by atoms with Gasteiger partial charge < -0.3 is 0 Å². The summed E-state index contributed by atoms with van der Waals surface area (Å²) in [5.41, 5.74) is 3.75. The Hall–Kier alpha value is -3.15. The Labute approximate surface area is 133 Å². The normalized spacial score (nSPS) is 14.3. The van der Waals surface area contributed by atoms with Crippen molar-refractivity contribution in [3.8, 4) is 0 Å². The van der Waals surface area contributed by atoms with Gasteiger partial charge in [0.25, 0.3) is 11.8 Å². The van der Waals surface area contributed by atoms with Gasteiger partial charge >= 0.3 is 6.03 Å². The molecule has 6 nitrogen and oxygen atoms in total. The van der Waals surface area contributed by atoms with Gasteiger partial charge in [0, 0.05) is 5.56 Å². The molecule has 2 aromatic carbocycles. The monoisotopic (exact) mass is 309 g/mol. The van der Waals surface area contributed by atoms with E-state index < -0.39 is 11.9 Å². The number of carbonyl (C=O) groups excluding carboxylic acids is 3. The molecule has 0 unspecified atom stereocenters. The van der Waals surface area contributed by atoms with Crippen LogP contribution in [0.25, 0.3) is 0 Å². The minimum Gasteiger partial charge on any atom is -0.272 e. The smallest absolute Gasteiger partial charge is 0.272 e. The van der Waals surface area contributed by atoms with E-state index in [-0.39, 0.29) is 19.0 Å². The van der Waals surface area contributed by atoms with Gasteiger partial charge in [0.15, 0.2) is 0 Å². The van der Waals surface area contributed by atoms with Crippen molar-refractivity contribution in [2.75, 3.05) is 6.54 Å². The SMILES string of the molecule is O=C(NN1CC(=O)N(Cc2ccccc2)C1=O)c1ccccc1. The van der Waals surface area contributed by atoms with Gasteiger partial charge in [0.2, 0.25) is 0 Å². The molecule has 23 heavy (non-hydrogen) atoms. The fourth-order valence-corrected chi connectivity index (χ4v) is 2.33. The molecule has 1 heterocycles. The molecule has 4 amide bonds. The highest BCUT2D eigenvalue weighted by molar-refractivity contribution is 6.04. The molecule has 2 aromatic rings. The highest BCUT2D eigenvalue weighted by atomic mass is 16.2. The lowest BCUT2D eigenvalue weighted by Crippen LogP contribution is -2.44. The first-order valence-electron chi connectivity index (χ1n) is 7.17. The van der Waals surface area contributed by atoms with Crippen LogP contribution in [0.4, 0.5) is 4.79 Å². The Morgan fingerprint density at radius 3 is 2.22 bits per heavy atom. The van der Waals surface area contributed by atoms with Crippen LogP contribution >= 0.6 is 0 Å². The zero-order chi connectivity index (χ0) is 16.2. The van der Waals surface area contributed by atoms with Crippen molar-refractivity contribution < 1.29 is 14.4 Å². The van der Waals surface area contributed by atoms with Gasteiger partial charge in [-0.15, -0.1) is 0 Å². The molecular formula is C17H15N3O3. The lowest BCUT2D eigenvalue weighted by Gasteiger charge is -2.17. The van der Waals surface area contributed by atoms with E-state index >= 15 is 0 Å². The molecule has 116 valence electrons. The topological polar surface area (TPSA) is 69.7 Å². The minimum atomic E-state index is -0.525. The van der Waals surface area contributed by atoms with Gasteiger partial charge in [-0.25, -0.2) is 9.80 Å². The van der Waals surface area contributed by atoms with E-state index in [9.17, 15) is 14.4 Å². The molecule has 0 spiro atoms. The largest absolute Gasteiger partial charge is 0.346 e. The number of nitrogens with zero attached hydrogens (tertiary/aromatic N) is 2. The summed E-state index contributed by atoms with van der Waals surface area (Å²) >= 11 is 0. The second kappa shape index (κ2) is 6.31. The molecule has 0 aromatic heterocycles. The predicted octanol–water partition coefficient (Wildman–Crippen LogP) is 1.80. The van der Waals surface area contributed by atoms with Crippen LogP contribution in [0.3, 0.4) is 0 Å². The van der Waals surface area contributed by atoms with Crippen LogP contribution in [0.5, 0.6) is 0 Å². The Morgan fingerprint density at radius 1 is 0.957 bits per heavy atom. The summed E-state index contributed by atoms with van der Waals surface area (Å²) in [5, 5.41) is 1.04. The molecule has 0 atom stereocenters. The maximum atomic E-state index is 12.3. The number of hydrazine groups is 1. The number of hydrogen-bond donors (Lipinski definition) is 1. The Balaban J connectivity index is 1.68. The van der Waals surface area contributed by atoms with E-state index in [1.807, 2.05) is 30.3 Å². The van der Waals surface area contributed by atoms with Crippen molar-refractivity contribution in [2.45, 2.75) is 6.54 Å². The molecule has 6 heteroatoms. The summed E-state index contributed by atoms with van der Waals surface area (Å²) in [6.45, 7) is 0.0282. The quantitative estimate of drug-likeness (QED) is 0.876. The summed E-state index contributed by atoms with van der Waals surface area (Å²) in [6, 6.07) is 17.2. The molecular weight excluding hydrogens is 294 g/mol. The van der Waals surface area contributed by atoms with E-state index in [1.165, 1.54) is 0 Å². The highest BCUT2D eigenvalue weighted by Crippen LogP contribution is 2.13. The van der Waals surface area contributed by atoms with E-state index in [4.69, 9.17) is 0 Å². The molecule has 1 N–H and O–H groups in total. The van der Waals surface area contributed by atoms with E-state index in [0.29, 0.717) is 5.56 Å². The molecule has 3 rings (SSSR count). The Morgan fingerprint density at radius 2 is 1.57 bits per heavy atom. The number of imide groups is 1. The lowest BCUT2D eigenvalue weighted by atomic mass is 10.2. The molecule has 0 aliphatic carbocycles. The zero-order valence-corrected chi connectivity index (χ0v) is 12.3. The second-order valence-electron chi connectivity index (χ2n) is 5.14. The molecule has 1 saturated heterocycles. The van der Waals surface area contributed by atoms with Crippen LogP contribution in [0.1, 0.15) is 15.9 Å². The number of nitrogens with one attached hydrogen (secondary N) is 1. The van der Waals surface area contributed by atoms with Crippen LogP contribution in [-0.4, -0.2) is 34.3 Å². The molecule has 0 saturated carbocycles. The Kier molecular flexibility index (Phi) is 4.05. The summed E-state index contributed by atoms with van der Waals surface area (Å²) in [7, 11) is 0. The van der Waals surface area contributed by atoms with Crippen LogP contribution < -0.4 is 5.43 Å². The number of hydrogen-bond acceptors (Lipinski definition) is 3. The number of rotatable bonds is 4. The molecule has 1 aliphatic rings. The Bertz CT molecular complexity index is 731. The van der Waals surface area contributed by atoms with Gasteiger partial charge in [0.1, 0.15) is 6.54 Å². The first-order valence-corrected chi connectivity index (χ1v) is 7.17. The third-order valence-corrected chi connectivity index (χ3v) is 3.51. The van der Waals surface area contributed by atoms with E-state index in [0.717, 1.165) is 15.5 Å². The van der Waals surface area contributed by atoms with Crippen molar-refractivity contribution in [1.29, 1.82) is 0 Å². The van der Waals surface area contributed by atoms with Gasteiger partial charge in [-0.05, 0) is 17.7 Å². The summed E-state index contributed by atoms with van der Waals surface area (Å²) in [4.78, 5) is 37.5. The maximum Gasteiger partial charge on any atom is 0.346 e. The number of amides is 4. The van der Waals surface area contributed by atoms with Gasteiger partial charge in [0.05, 0.1) is 6.54 Å². The molecule has 0 radical (unpaired) electrons. The third kappa shape index (κ3) is 3.21. The van der Waals surface area contributed by atoms with Crippen LogP contribution in [0, 0.1) is 0 Å². The predicted molar refractivity (Wildman–Crippen MR) is 83.0 cm³/mol. The lowest BCUT2D eigenvalue weighted by molar-refractivity contribution is -0.125. The van der Waals surface area contributed by atoms with Crippen molar-refractivity contribution in [3.05, 3.63) is 71.8 Å².